The first-order valence-electron chi connectivity index (χ1n) is 9.33. The van der Waals surface area contributed by atoms with Crippen molar-refractivity contribution in [3.05, 3.63) is 59.3 Å². The zero-order chi connectivity index (χ0) is 20.5. The van der Waals surface area contributed by atoms with E-state index in [1.54, 1.807) is 36.9 Å². The highest BCUT2D eigenvalue weighted by Gasteiger charge is 2.25. The number of anilines is 1. The molecule has 3 aromatic rings. The van der Waals surface area contributed by atoms with Gasteiger partial charge in [0.1, 0.15) is 0 Å². The molecule has 0 radical (unpaired) electrons. The summed E-state index contributed by atoms with van der Waals surface area (Å²) in [6.45, 7) is 3.40. The van der Waals surface area contributed by atoms with Crippen LogP contribution in [0.1, 0.15) is 39.8 Å². The number of aromatic nitrogens is 1. The normalized spacial score (nSPS) is 14.6. The van der Waals surface area contributed by atoms with Crippen molar-refractivity contribution in [1.82, 2.24) is 4.98 Å². The van der Waals surface area contributed by atoms with Gasteiger partial charge in [-0.05, 0) is 38.1 Å². The number of aryl methyl sites for hydroxylation is 1. The van der Waals surface area contributed by atoms with Crippen LogP contribution < -0.4 is 5.32 Å². The first-order valence-corrected chi connectivity index (χ1v) is 10.3. The molecule has 1 aromatic heterocycles. The smallest absolute Gasteiger partial charge is 0.338 e. The van der Waals surface area contributed by atoms with Crippen LogP contribution in [-0.4, -0.2) is 34.5 Å². The van der Waals surface area contributed by atoms with Gasteiger partial charge in [0.05, 0.1) is 11.3 Å². The highest BCUT2D eigenvalue weighted by Crippen LogP contribution is 2.32. The Kier molecular flexibility index (Phi) is 5.15. The van der Waals surface area contributed by atoms with Gasteiger partial charge >= 0.3 is 5.97 Å². The molecule has 0 bridgehead atoms. The lowest BCUT2D eigenvalue weighted by Crippen LogP contribution is -2.25. The van der Waals surface area contributed by atoms with Crippen molar-refractivity contribution in [3.8, 4) is 0 Å². The summed E-state index contributed by atoms with van der Waals surface area (Å²) < 4.78 is 5.45. The summed E-state index contributed by atoms with van der Waals surface area (Å²) in [5.41, 5.74) is 3.03. The van der Waals surface area contributed by atoms with Gasteiger partial charge in [-0.25, -0.2) is 4.79 Å². The quantitative estimate of drug-likeness (QED) is 0.495. The average molecular weight is 408 g/mol. The van der Waals surface area contributed by atoms with Crippen LogP contribution >= 0.6 is 11.8 Å². The number of aromatic amines is 1. The topological polar surface area (TPSA) is 88.3 Å². The maximum absolute atomic E-state index is 13.0. The number of H-pyrrole nitrogens is 1. The summed E-state index contributed by atoms with van der Waals surface area (Å²) in [4.78, 5) is 41.5. The summed E-state index contributed by atoms with van der Waals surface area (Å²) in [7, 11) is 0. The molecule has 0 spiro atoms. The van der Waals surface area contributed by atoms with E-state index in [0.717, 1.165) is 21.5 Å². The minimum atomic E-state index is -0.941. The number of ketones is 1. The number of rotatable bonds is 4. The molecule has 4 rings (SSSR count). The van der Waals surface area contributed by atoms with E-state index in [1.807, 2.05) is 31.2 Å². The highest BCUT2D eigenvalue weighted by molar-refractivity contribution is 7.99. The van der Waals surface area contributed by atoms with E-state index in [-0.39, 0.29) is 11.7 Å². The molecule has 2 aromatic carbocycles. The Morgan fingerprint density at radius 3 is 2.79 bits per heavy atom. The van der Waals surface area contributed by atoms with Crippen LogP contribution in [0.15, 0.2) is 47.4 Å². The van der Waals surface area contributed by atoms with E-state index in [0.29, 0.717) is 29.0 Å². The zero-order valence-electron chi connectivity index (χ0n) is 16.1. The van der Waals surface area contributed by atoms with Gasteiger partial charge < -0.3 is 15.0 Å². The number of fused-ring (bicyclic) bond motifs is 2. The summed E-state index contributed by atoms with van der Waals surface area (Å²) in [6, 6.07) is 12.6. The predicted molar refractivity (Wildman–Crippen MR) is 113 cm³/mol. The van der Waals surface area contributed by atoms with Gasteiger partial charge in [0.2, 0.25) is 11.7 Å². The van der Waals surface area contributed by atoms with Gasteiger partial charge in [-0.1, -0.05) is 18.2 Å². The standard InChI is InChI=1S/C22H20N2O4S/c1-12-20(15-5-3-4-6-16(15)23-12)21(26)13(2)28-22(27)14-7-8-18-17(11-14)24-19(25)9-10-29-18/h3-8,11,13,23H,9-10H2,1-2H3,(H,24,25). The number of Topliss-reactive ketones (excluding diaryl/α,β-unsaturated/α-hetero) is 1. The van der Waals surface area contributed by atoms with Crippen molar-refractivity contribution >= 4 is 46.0 Å². The maximum Gasteiger partial charge on any atom is 0.338 e. The summed E-state index contributed by atoms with van der Waals surface area (Å²) in [5.74, 6) is -0.250. The molecule has 1 aliphatic heterocycles. The van der Waals surface area contributed by atoms with Crippen LogP contribution in [0.3, 0.4) is 0 Å². The maximum atomic E-state index is 13.0. The Bertz CT molecular complexity index is 1140. The fraction of sp³-hybridized carbons (Fsp3) is 0.227. The Balaban J connectivity index is 1.54. The molecule has 148 valence electrons. The molecule has 1 aliphatic rings. The van der Waals surface area contributed by atoms with Crippen LogP contribution in [0.5, 0.6) is 0 Å². The Morgan fingerprint density at radius 1 is 1.17 bits per heavy atom. The molecule has 6 nitrogen and oxygen atoms in total. The third kappa shape index (κ3) is 3.78. The summed E-state index contributed by atoms with van der Waals surface area (Å²) >= 11 is 1.56. The number of esters is 1. The van der Waals surface area contributed by atoms with E-state index in [4.69, 9.17) is 4.74 Å². The van der Waals surface area contributed by atoms with Gasteiger partial charge in [0.25, 0.3) is 0 Å². The van der Waals surface area contributed by atoms with Gasteiger partial charge in [0.15, 0.2) is 6.10 Å². The lowest BCUT2D eigenvalue weighted by atomic mass is 10.0. The number of carbonyl (C=O) groups excluding carboxylic acids is 3. The van der Waals surface area contributed by atoms with Crippen LogP contribution in [0.2, 0.25) is 0 Å². The molecular formula is C22H20N2O4S. The molecule has 2 N–H and O–H groups in total. The van der Waals surface area contributed by atoms with Gasteiger partial charge in [-0.15, -0.1) is 11.8 Å². The van der Waals surface area contributed by atoms with E-state index < -0.39 is 12.1 Å². The second-order valence-electron chi connectivity index (χ2n) is 6.94. The third-order valence-electron chi connectivity index (χ3n) is 4.87. The van der Waals surface area contributed by atoms with Crippen LogP contribution in [0.4, 0.5) is 5.69 Å². The number of hydrogen-bond acceptors (Lipinski definition) is 5. The minimum Gasteiger partial charge on any atom is -0.451 e. The van der Waals surface area contributed by atoms with Gasteiger partial charge in [0, 0.05) is 39.2 Å². The number of hydrogen-bond donors (Lipinski definition) is 2. The third-order valence-corrected chi connectivity index (χ3v) is 5.94. The van der Waals surface area contributed by atoms with Crippen molar-refractivity contribution in [2.75, 3.05) is 11.1 Å². The number of amides is 1. The van der Waals surface area contributed by atoms with E-state index in [2.05, 4.69) is 10.3 Å². The Morgan fingerprint density at radius 2 is 1.97 bits per heavy atom. The number of benzene rings is 2. The summed E-state index contributed by atoms with van der Waals surface area (Å²) in [6.07, 6.45) is -0.516. The first-order chi connectivity index (χ1) is 13.9. The SMILES string of the molecule is Cc1[nH]c2ccccc2c1C(=O)C(C)OC(=O)c1ccc2c(c1)NC(=O)CCS2. The van der Waals surface area contributed by atoms with E-state index >= 15 is 0 Å². The molecule has 0 saturated heterocycles. The number of carbonyl (C=O) groups is 3. The molecule has 1 atom stereocenters. The molecule has 7 heteroatoms. The van der Waals surface area contributed by atoms with Crippen molar-refractivity contribution in [1.29, 1.82) is 0 Å². The lowest BCUT2D eigenvalue weighted by molar-refractivity contribution is -0.115. The average Bonchev–Trinajstić information content (AvgIpc) is 2.91. The molecule has 0 saturated carbocycles. The zero-order valence-corrected chi connectivity index (χ0v) is 16.9. The molecule has 2 heterocycles. The molecule has 0 fully saturated rings. The van der Waals surface area contributed by atoms with Crippen molar-refractivity contribution < 1.29 is 19.1 Å². The fourth-order valence-electron chi connectivity index (χ4n) is 3.43. The van der Waals surface area contributed by atoms with Crippen molar-refractivity contribution in [2.45, 2.75) is 31.3 Å². The van der Waals surface area contributed by atoms with Gasteiger partial charge in [-0.3, -0.25) is 9.59 Å². The Hall–Kier alpha value is -3.06. The monoisotopic (exact) mass is 408 g/mol. The molecule has 0 aliphatic carbocycles. The number of thioether (sulfide) groups is 1. The highest BCUT2D eigenvalue weighted by atomic mass is 32.2. The first kappa shape index (κ1) is 19.3. The van der Waals surface area contributed by atoms with Crippen LogP contribution in [0, 0.1) is 6.92 Å². The molecule has 29 heavy (non-hydrogen) atoms. The molecule has 1 unspecified atom stereocenters. The minimum absolute atomic E-state index is 0.0832. The predicted octanol–water partition coefficient (Wildman–Crippen LogP) is 4.34. The second kappa shape index (κ2) is 7.75. The van der Waals surface area contributed by atoms with Crippen LogP contribution in [0.25, 0.3) is 10.9 Å². The molecular weight excluding hydrogens is 388 g/mol. The summed E-state index contributed by atoms with van der Waals surface area (Å²) in [5, 5.41) is 3.61. The van der Waals surface area contributed by atoms with Crippen molar-refractivity contribution in [3.63, 3.8) is 0 Å². The van der Waals surface area contributed by atoms with Crippen LogP contribution in [-0.2, 0) is 9.53 Å². The van der Waals surface area contributed by atoms with E-state index in [9.17, 15) is 14.4 Å². The van der Waals surface area contributed by atoms with Crippen molar-refractivity contribution in [2.24, 2.45) is 0 Å². The fourth-order valence-corrected chi connectivity index (χ4v) is 4.36. The second-order valence-corrected chi connectivity index (χ2v) is 8.08. The Labute approximate surface area is 172 Å². The largest absolute Gasteiger partial charge is 0.451 e. The van der Waals surface area contributed by atoms with E-state index in [1.165, 1.54) is 0 Å². The molecule has 1 amide bonds. The number of ether oxygens (including phenoxy) is 1. The number of nitrogens with one attached hydrogen (secondary N) is 2. The van der Waals surface area contributed by atoms with Gasteiger partial charge in [-0.2, -0.15) is 0 Å². The number of para-hydroxylation sites is 1. The lowest BCUT2D eigenvalue weighted by Gasteiger charge is -2.14.